The van der Waals surface area contributed by atoms with E-state index in [-0.39, 0.29) is 25.2 Å². The molecule has 0 spiro atoms. The van der Waals surface area contributed by atoms with Crippen LogP contribution in [0.15, 0.2) is 35.5 Å². The molecule has 122 valence electrons. The Hall–Kier alpha value is -2.28. The van der Waals surface area contributed by atoms with E-state index in [1.165, 1.54) is 25.6 Å². The van der Waals surface area contributed by atoms with Gasteiger partial charge in [-0.25, -0.2) is 4.98 Å². The van der Waals surface area contributed by atoms with Gasteiger partial charge in [0.25, 0.3) is 0 Å². The summed E-state index contributed by atoms with van der Waals surface area (Å²) in [7, 11) is 0. The number of carbonyl (C=O) groups is 2. The number of aromatic nitrogens is 2. The highest BCUT2D eigenvalue weighted by Gasteiger charge is 2.19. The number of para-hydroxylation sites is 1. The van der Waals surface area contributed by atoms with Crippen molar-refractivity contribution in [1.29, 1.82) is 0 Å². The average molecular weight is 334 g/mol. The molecule has 0 bridgehead atoms. The van der Waals surface area contributed by atoms with Gasteiger partial charge >= 0.3 is 11.9 Å². The van der Waals surface area contributed by atoms with E-state index in [1.807, 2.05) is 41.2 Å². The molecule has 0 fully saturated rings. The molecule has 0 aliphatic carbocycles. The fourth-order valence-electron chi connectivity index (χ4n) is 2.06. The zero-order valence-electron chi connectivity index (χ0n) is 13.2. The van der Waals surface area contributed by atoms with Gasteiger partial charge in [-0.3, -0.25) is 14.2 Å². The number of ether oxygens (including phenoxy) is 2. The van der Waals surface area contributed by atoms with Crippen LogP contribution in [0.2, 0.25) is 0 Å². The number of imidazole rings is 1. The maximum atomic E-state index is 11.2. The molecule has 0 saturated heterocycles. The summed E-state index contributed by atoms with van der Waals surface area (Å²) in [6.07, 6.45) is 1.91. The van der Waals surface area contributed by atoms with Gasteiger partial charge in [0, 0.05) is 19.5 Å². The second-order valence-electron chi connectivity index (χ2n) is 4.72. The molecule has 0 aliphatic rings. The third-order valence-electron chi connectivity index (χ3n) is 3.05. The Morgan fingerprint density at radius 1 is 1.09 bits per heavy atom. The van der Waals surface area contributed by atoms with Crippen molar-refractivity contribution in [1.82, 2.24) is 9.55 Å². The van der Waals surface area contributed by atoms with E-state index in [0.29, 0.717) is 11.4 Å². The van der Waals surface area contributed by atoms with E-state index in [9.17, 15) is 9.59 Å². The standard InChI is InChI=1S/C16H18N2O4S/c1-11(19)21-9-14-15(10-22-12(2)20)18(16(17-14)23-3)13-7-5-4-6-8-13/h4-8H,9-10H2,1-3H3. The molecule has 0 unspecified atom stereocenters. The Bertz CT molecular complexity index is 698. The predicted octanol–water partition coefficient (Wildman–Crippen LogP) is 2.72. The lowest BCUT2D eigenvalue weighted by molar-refractivity contribution is -0.144. The third kappa shape index (κ3) is 4.35. The van der Waals surface area contributed by atoms with E-state index in [2.05, 4.69) is 4.98 Å². The van der Waals surface area contributed by atoms with Crippen molar-refractivity contribution in [2.24, 2.45) is 0 Å². The highest BCUT2D eigenvalue weighted by atomic mass is 32.2. The van der Waals surface area contributed by atoms with Crippen LogP contribution in [0, 0.1) is 0 Å². The van der Waals surface area contributed by atoms with Crippen LogP contribution in [0.5, 0.6) is 0 Å². The van der Waals surface area contributed by atoms with E-state index < -0.39 is 0 Å². The Kier molecular flexibility index (Phi) is 5.81. The molecule has 1 aromatic carbocycles. The van der Waals surface area contributed by atoms with Gasteiger partial charge in [-0.05, 0) is 18.4 Å². The van der Waals surface area contributed by atoms with Gasteiger partial charge in [-0.1, -0.05) is 30.0 Å². The number of hydrogen-bond donors (Lipinski definition) is 0. The van der Waals surface area contributed by atoms with Gasteiger partial charge in [0.15, 0.2) is 5.16 Å². The summed E-state index contributed by atoms with van der Waals surface area (Å²) in [5.74, 6) is -0.765. The molecular formula is C16H18N2O4S. The molecule has 0 saturated carbocycles. The first-order chi connectivity index (χ1) is 11.0. The summed E-state index contributed by atoms with van der Waals surface area (Å²) >= 11 is 1.46. The zero-order chi connectivity index (χ0) is 16.8. The van der Waals surface area contributed by atoms with Gasteiger partial charge in [-0.2, -0.15) is 0 Å². The smallest absolute Gasteiger partial charge is 0.303 e. The maximum Gasteiger partial charge on any atom is 0.303 e. The molecule has 7 heteroatoms. The highest BCUT2D eigenvalue weighted by molar-refractivity contribution is 7.98. The first-order valence-electron chi connectivity index (χ1n) is 6.99. The minimum absolute atomic E-state index is 0.0410. The van der Waals surface area contributed by atoms with Crippen molar-refractivity contribution in [2.45, 2.75) is 32.2 Å². The van der Waals surface area contributed by atoms with E-state index >= 15 is 0 Å². The largest absolute Gasteiger partial charge is 0.459 e. The van der Waals surface area contributed by atoms with Gasteiger partial charge in [0.05, 0.1) is 5.69 Å². The van der Waals surface area contributed by atoms with E-state index in [0.717, 1.165) is 10.8 Å². The predicted molar refractivity (Wildman–Crippen MR) is 86.3 cm³/mol. The van der Waals surface area contributed by atoms with Gasteiger partial charge in [0.2, 0.25) is 0 Å². The number of thioether (sulfide) groups is 1. The van der Waals surface area contributed by atoms with E-state index in [1.54, 1.807) is 0 Å². The van der Waals surface area contributed by atoms with Crippen molar-refractivity contribution in [3.8, 4) is 5.69 Å². The van der Waals surface area contributed by atoms with Crippen molar-refractivity contribution >= 4 is 23.7 Å². The van der Waals surface area contributed by atoms with Crippen LogP contribution in [0.3, 0.4) is 0 Å². The van der Waals surface area contributed by atoms with Gasteiger partial charge in [0.1, 0.15) is 18.9 Å². The Morgan fingerprint density at radius 2 is 1.70 bits per heavy atom. The lowest BCUT2D eigenvalue weighted by Crippen LogP contribution is -2.09. The Morgan fingerprint density at radius 3 is 2.26 bits per heavy atom. The molecule has 1 heterocycles. The normalized spacial score (nSPS) is 10.4. The monoisotopic (exact) mass is 334 g/mol. The number of carbonyl (C=O) groups excluding carboxylic acids is 2. The molecular weight excluding hydrogens is 316 g/mol. The van der Waals surface area contributed by atoms with Crippen molar-refractivity contribution < 1.29 is 19.1 Å². The Labute approximate surface area is 138 Å². The summed E-state index contributed by atoms with van der Waals surface area (Å²) < 4.78 is 12.1. The molecule has 0 radical (unpaired) electrons. The maximum absolute atomic E-state index is 11.2. The SMILES string of the molecule is CSc1nc(COC(C)=O)c(COC(C)=O)n1-c1ccccc1. The minimum atomic E-state index is -0.386. The van der Waals surface area contributed by atoms with Crippen molar-refractivity contribution in [3.05, 3.63) is 41.7 Å². The third-order valence-corrected chi connectivity index (χ3v) is 3.69. The van der Waals surface area contributed by atoms with Crippen LogP contribution >= 0.6 is 11.8 Å². The average Bonchev–Trinajstić information content (AvgIpc) is 2.89. The zero-order valence-corrected chi connectivity index (χ0v) is 14.1. The fraction of sp³-hybridized carbons (Fsp3) is 0.312. The molecule has 0 amide bonds. The summed E-state index contributed by atoms with van der Waals surface area (Å²) in [6, 6.07) is 9.63. The van der Waals surface area contributed by atoms with Crippen LogP contribution in [0.4, 0.5) is 0 Å². The van der Waals surface area contributed by atoms with Crippen molar-refractivity contribution in [2.75, 3.05) is 6.26 Å². The minimum Gasteiger partial charge on any atom is -0.459 e. The van der Waals surface area contributed by atoms with Gasteiger partial charge in [-0.15, -0.1) is 0 Å². The second kappa shape index (κ2) is 7.82. The number of nitrogens with zero attached hydrogens (tertiary/aromatic N) is 2. The number of hydrogen-bond acceptors (Lipinski definition) is 6. The van der Waals surface area contributed by atoms with Crippen LogP contribution in [-0.2, 0) is 32.3 Å². The molecule has 6 nitrogen and oxygen atoms in total. The molecule has 0 N–H and O–H groups in total. The molecule has 1 aromatic heterocycles. The summed E-state index contributed by atoms with van der Waals surface area (Å²) in [5.41, 5.74) is 2.17. The van der Waals surface area contributed by atoms with Gasteiger partial charge < -0.3 is 9.47 Å². The van der Waals surface area contributed by atoms with Crippen LogP contribution in [-0.4, -0.2) is 27.7 Å². The lowest BCUT2D eigenvalue weighted by atomic mass is 10.3. The number of benzene rings is 1. The topological polar surface area (TPSA) is 70.4 Å². The van der Waals surface area contributed by atoms with Crippen LogP contribution < -0.4 is 0 Å². The summed E-state index contributed by atoms with van der Waals surface area (Å²) in [5, 5.41) is 0.737. The summed E-state index contributed by atoms with van der Waals surface area (Å²) in [4.78, 5) is 26.8. The molecule has 2 rings (SSSR count). The van der Waals surface area contributed by atoms with E-state index in [4.69, 9.17) is 9.47 Å². The second-order valence-corrected chi connectivity index (χ2v) is 5.50. The summed E-state index contributed by atoms with van der Waals surface area (Å²) in [6.45, 7) is 2.80. The quantitative estimate of drug-likeness (QED) is 0.597. The first-order valence-corrected chi connectivity index (χ1v) is 8.22. The molecule has 0 atom stereocenters. The Balaban J connectivity index is 2.47. The van der Waals surface area contributed by atoms with Crippen LogP contribution in [0.25, 0.3) is 5.69 Å². The number of rotatable bonds is 6. The molecule has 23 heavy (non-hydrogen) atoms. The van der Waals surface area contributed by atoms with Crippen LogP contribution in [0.1, 0.15) is 25.2 Å². The fourth-order valence-corrected chi connectivity index (χ4v) is 2.66. The highest BCUT2D eigenvalue weighted by Crippen LogP contribution is 2.26. The molecule has 2 aromatic rings. The first kappa shape index (κ1) is 17.1. The van der Waals surface area contributed by atoms with Crippen molar-refractivity contribution in [3.63, 3.8) is 0 Å². The lowest BCUT2D eigenvalue weighted by Gasteiger charge is -2.12. The molecule has 0 aliphatic heterocycles. The number of esters is 2.